The first-order valence-corrected chi connectivity index (χ1v) is 9.91. The van der Waals surface area contributed by atoms with E-state index in [9.17, 15) is 18.4 Å². The Labute approximate surface area is 172 Å². The van der Waals surface area contributed by atoms with Crippen LogP contribution in [0.3, 0.4) is 0 Å². The van der Waals surface area contributed by atoms with E-state index in [1.807, 2.05) is 0 Å². The lowest BCUT2D eigenvalue weighted by molar-refractivity contribution is -0.131. The standard InChI is InChI=1S/C22H22F2N4O2/c23-18-5-1-15(2-6-18)13-20(29)27-11-9-17(10-12-27)21-25-26-22(30)28(21)14-16-3-7-19(24)8-4-16/h1-8,17H,9-14H2,(H,26,30). The second-order valence-corrected chi connectivity index (χ2v) is 7.56. The van der Waals surface area contributed by atoms with Crippen molar-refractivity contribution in [3.8, 4) is 0 Å². The van der Waals surface area contributed by atoms with E-state index in [-0.39, 0.29) is 35.6 Å². The third kappa shape index (κ3) is 4.48. The highest BCUT2D eigenvalue weighted by Gasteiger charge is 2.27. The van der Waals surface area contributed by atoms with Crippen molar-refractivity contribution in [2.24, 2.45) is 0 Å². The van der Waals surface area contributed by atoms with Crippen LogP contribution in [0.4, 0.5) is 8.78 Å². The van der Waals surface area contributed by atoms with Crippen molar-refractivity contribution >= 4 is 5.91 Å². The number of benzene rings is 2. The fourth-order valence-corrected chi connectivity index (χ4v) is 3.84. The van der Waals surface area contributed by atoms with Crippen LogP contribution in [0.2, 0.25) is 0 Å². The second kappa shape index (κ2) is 8.61. The van der Waals surface area contributed by atoms with Crippen LogP contribution in [0.25, 0.3) is 0 Å². The zero-order valence-corrected chi connectivity index (χ0v) is 16.4. The van der Waals surface area contributed by atoms with Crippen molar-refractivity contribution in [1.29, 1.82) is 0 Å². The van der Waals surface area contributed by atoms with E-state index in [2.05, 4.69) is 10.2 Å². The maximum absolute atomic E-state index is 13.1. The molecule has 1 aromatic heterocycles. The molecule has 1 saturated heterocycles. The Morgan fingerprint density at radius 1 is 0.967 bits per heavy atom. The average molecular weight is 412 g/mol. The van der Waals surface area contributed by atoms with E-state index >= 15 is 0 Å². The monoisotopic (exact) mass is 412 g/mol. The molecule has 0 bridgehead atoms. The Morgan fingerprint density at radius 3 is 2.13 bits per heavy atom. The molecular weight excluding hydrogens is 390 g/mol. The first-order valence-electron chi connectivity index (χ1n) is 9.91. The zero-order valence-electron chi connectivity index (χ0n) is 16.4. The molecule has 1 N–H and O–H groups in total. The number of aromatic amines is 1. The van der Waals surface area contributed by atoms with Crippen LogP contribution in [0.15, 0.2) is 53.3 Å². The van der Waals surface area contributed by atoms with Gasteiger partial charge in [0.25, 0.3) is 0 Å². The summed E-state index contributed by atoms with van der Waals surface area (Å²) in [6, 6.07) is 12.0. The fourth-order valence-electron chi connectivity index (χ4n) is 3.84. The van der Waals surface area contributed by atoms with Gasteiger partial charge in [0.15, 0.2) is 0 Å². The molecule has 156 valence electrons. The van der Waals surface area contributed by atoms with Crippen LogP contribution in [-0.4, -0.2) is 38.7 Å². The van der Waals surface area contributed by atoms with Crippen molar-refractivity contribution in [1.82, 2.24) is 19.7 Å². The summed E-state index contributed by atoms with van der Waals surface area (Å²) in [6.45, 7) is 1.46. The van der Waals surface area contributed by atoms with Gasteiger partial charge in [0.2, 0.25) is 5.91 Å². The van der Waals surface area contributed by atoms with Crippen LogP contribution in [0.1, 0.15) is 35.7 Å². The molecule has 0 spiro atoms. The summed E-state index contributed by atoms with van der Waals surface area (Å²) < 4.78 is 27.7. The average Bonchev–Trinajstić information content (AvgIpc) is 3.11. The minimum absolute atomic E-state index is 0.00536. The molecular formula is C22H22F2N4O2. The summed E-state index contributed by atoms with van der Waals surface area (Å²) in [5.41, 5.74) is 1.29. The minimum atomic E-state index is -0.323. The van der Waals surface area contributed by atoms with E-state index in [0.29, 0.717) is 38.3 Å². The van der Waals surface area contributed by atoms with Crippen LogP contribution in [-0.2, 0) is 17.8 Å². The number of nitrogens with one attached hydrogen (secondary N) is 1. The smallest absolute Gasteiger partial charge is 0.342 e. The number of rotatable bonds is 5. The second-order valence-electron chi connectivity index (χ2n) is 7.56. The number of carbonyl (C=O) groups is 1. The van der Waals surface area contributed by atoms with Gasteiger partial charge in [0.1, 0.15) is 17.5 Å². The van der Waals surface area contributed by atoms with E-state index in [4.69, 9.17) is 0 Å². The third-order valence-electron chi connectivity index (χ3n) is 5.52. The molecule has 0 radical (unpaired) electrons. The molecule has 30 heavy (non-hydrogen) atoms. The molecule has 1 fully saturated rings. The maximum atomic E-state index is 13.1. The van der Waals surface area contributed by atoms with E-state index in [0.717, 1.165) is 11.1 Å². The van der Waals surface area contributed by atoms with Gasteiger partial charge in [0, 0.05) is 19.0 Å². The summed E-state index contributed by atoms with van der Waals surface area (Å²) in [7, 11) is 0. The van der Waals surface area contributed by atoms with Gasteiger partial charge in [0.05, 0.1) is 13.0 Å². The maximum Gasteiger partial charge on any atom is 0.343 e. The number of likely N-dealkylation sites (tertiary alicyclic amines) is 1. The highest BCUT2D eigenvalue weighted by atomic mass is 19.1. The van der Waals surface area contributed by atoms with Gasteiger partial charge < -0.3 is 4.90 Å². The first kappa shape index (κ1) is 20.0. The van der Waals surface area contributed by atoms with Crippen molar-refractivity contribution in [3.05, 3.63) is 87.6 Å². The van der Waals surface area contributed by atoms with Gasteiger partial charge in [-0.05, 0) is 48.2 Å². The molecule has 1 aliphatic rings. The highest BCUT2D eigenvalue weighted by Crippen LogP contribution is 2.26. The van der Waals surface area contributed by atoms with Crippen LogP contribution >= 0.6 is 0 Å². The molecule has 2 heterocycles. The Hall–Kier alpha value is -3.29. The van der Waals surface area contributed by atoms with Gasteiger partial charge in [-0.15, -0.1) is 0 Å². The quantitative estimate of drug-likeness (QED) is 0.701. The highest BCUT2D eigenvalue weighted by molar-refractivity contribution is 5.78. The summed E-state index contributed by atoms with van der Waals surface area (Å²) in [5, 5.41) is 6.72. The van der Waals surface area contributed by atoms with Crippen molar-refractivity contribution in [2.45, 2.75) is 31.7 Å². The summed E-state index contributed by atoms with van der Waals surface area (Å²) in [5.74, 6) is 0.0777. The largest absolute Gasteiger partial charge is 0.343 e. The number of piperidine rings is 1. The van der Waals surface area contributed by atoms with Gasteiger partial charge >= 0.3 is 5.69 Å². The zero-order chi connectivity index (χ0) is 21.1. The molecule has 3 aromatic rings. The predicted molar refractivity (Wildman–Crippen MR) is 107 cm³/mol. The Bertz CT molecular complexity index is 1070. The lowest BCUT2D eigenvalue weighted by atomic mass is 9.95. The molecule has 1 amide bonds. The molecule has 2 aromatic carbocycles. The van der Waals surface area contributed by atoms with Crippen molar-refractivity contribution < 1.29 is 13.6 Å². The Kier molecular flexibility index (Phi) is 5.74. The molecule has 8 heteroatoms. The number of aromatic nitrogens is 3. The minimum Gasteiger partial charge on any atom is -0.342 e. The van der Waals surface area contributed by atoms with Crippen molar-refractivity contribution in [3.63, 3.8) is 0 Å². The number of hydrogen-bond acceptors (Lipinski definition) is 3. The predicted octanol–water partition coefficient (Wildman–Crippen LogP) is 2.85. The van der Waals surface area contributed by atoms with Gasteiger partial charge in [-0.2, -0.15) is 5.10 Å². The molecule has 6 nitrogen and oxygen atoms in total. The Morgan fingerprint density at radius 2 is 1.53 bits per heavy atom. The fraction of sp³-hybridized carbons (Fsp3) is 0.318. The van der Waals surface area contributed by atoms with E-state index < -0.39 is 0 Å². The molecule has 4 rings (SSSR count). The lowest BCUT2D eigenvalue weighted by Gasteiger charge is -2.31. The number of H-pyrrole nitrogens is 1. The molecule has 0 atom stereocenters. The van der Waals surface area contributed by atoms with Gasteiger partial charge in [-0.1, -0.05) is 24.3 Å². The number of amides is 1. The number of nitrogens with zero attached hydrogens (tertiary/aromatic N) is 3. The first-order chi connectivity index (χ1) is 14.5. The van der Waals surface area contributed by atoms with Crippen molar-refractivity contribution in [2.75, 3.05) is 13.1 Å². The van der Waals surface area contributed by atoms with Gasteiger partial charge in [-0.25, -0.2) is 18.7 Å². The SMILES string of the molecule is O=C(Cc1ccc(F)cc1)N1CCC(c2n[nH]c(=O)n2Cc2ccc(F)cc2)CC1. The molecule has 0 unspecified atom stereocenters. The van der Waals surface area contributed by atoms with E-state index in [1.54, 1.807) is 33.7 Å². The van der Waals surface area contributed by atoms with Crippen LogP contribution in [0, 0.1) is 11.6 Å². The molecule has 0 aliphatic carbocycles. The topological polar surface area (TPSA) is 71.0 Å². The normalized spacial score (nSPS) is 14.8. The third-order valence-corrected chi connectivity index (χ3v) is 5.52. The molecule has 1 aliphatic heterocycles. The summed E-state index contributed by atoms with van der Waals surface area (Å²) in [4.78, 5) is 26.6. The summed E-state index contributed by atoms with van der Waals surface area (Å²) >= 11 is 0. The number of hydrogen-bond donors (Lipinski definition) is 1. The number of halogens is 2. The van der Waals surface area contributed by atoms with Crippen LogP contribution in [0.5, 0.6) is 0 Å². The number of carbonyl (C=O) groups excluding carboxylic acids is 1. The Balaban J connectivity index is 1.39. The lowest BCUT2D eigenvalue weighted by Crippen LogP contribution is -2.39. The summed E-state index contributed by atoms with van der Waals surface area (Å²) in [6.07, 6.45) is 1.63. The van der Waals surface area contributed by atoms with E-state index in [1.165, 1.54) is 24.3 Å². The van der Waals surface area contributed by atoms with Gasteiger partial charge in [-0.3, -0.25) is 9.36 Å². The molecule has 0 saturated carbocycles. The van der Waals surface area contributed by atoms with Crippen LogP contribution < -0.4 is 5.69 Å².